The van der Waals surface area contributed by atoms with Crippen molar-refractivity contribution >= 4 is 5.96 Å². The van der Waals surface area contributed by atoms with E-state index < -0.39 is 0 Å². The number of aromatic nitrogens is 3. The molecule has 24 heavy (non-hydrogen) atoms. The molecule has 0 aliphatic carbocycles. The van der Waals surface area contributed by atoms with Gasteiger partial charge in [0, 0.05) is 24.6 Å². The molecule has 1 unspecified atom stereocenters. The molecule has 3 N–H and O–H groups in total. The predicted octanol–water partition coefficient (Wildman–Crippen LogP) is 2.89. The van der Waals surface area contributed by atoms with E-state index in [4.69, 9.17) is 5.73 Å². The number of guanidine groups is 1. The van der Waals surface area contributed by atoms with E-state index in [1.807, 2.05) is 29.1 Å². The first-order valence-electron chi connectivity index (χ1n) is 8.54. The van der Waals surface area contributed by atoms with Crippen molar-refractivity contribution in [3.63, 3.8) is 0 Å². The highest BCUT2D eigenvalue weighted by molar-refractivity contribution is 5.78. The van der Waals surface area contributed by atoms with Gasteiger partial charge in [0.05, 0.1) is 6.54 Å². The van der Waals surface area contributed by atoms with Crippen molar-refractivity contribution < 1.29 is 0 Å². The van der Waals surface area contributed by atoms with Crippen LogP contribution in [0.3, 0.4) is 0 Å². The van der Waals surface area contributed by atoms with Gasteiger partial charge in [-0.1, -0.05) is 32.8 Å². The van der Waals surface area contributed by atoms with Crippen molar-refractivity contribution in [3.8, 4) is 5.82 Å². The van der Waals surface area contributed by atoms with Gasteiger partial charge in [-0.2, -0.15) is 0 Å². The van der Waals surface area contributed by atoms with Gasteiger partial charge in [-0.25, -0.2) is 15.0 Å². The maximum Gasteiger partial charge on any atom is 0.189 e. The second-order valence-electron chi connectivity index (χ2n) is 6.57. The van der Waals surface area contributed by atoms with Gasteiger partial charge in [0.15, 0.2) is 5.96 Å². The lowest BCUT2D eigenvalue weighted by Gasteiger charge is -2.15. The molecule has 6 nitrogen and oxygen atoms in total. The number of nitrogens with one attached hydrogen (secondary N) is 1. The first kappa shape index (κ1) is 18.0. The van der Waals surface area contributed by atoms with Gasteiger partial charge in [-0.15, -0.1) is 0 Å². The van der Waals surface area contributed by atoms with Crippen LogP contribution in [0.1, 0.15) is 45.6 Å². The van der Waals surface area contributed by atoms with E-state index in [0.29, 0.717) is 18.5 Å². The Labute approximate surface area is 144 Å². The molecule has 0 saturated heterocycles. The smallest absolute Gasteiger partial charge is 0.189 e. The summed E-state index contributed by atoms with van der Waals surface area (Å²) < 4.78 is 1.86. The van der Waals surface area contributed by atoms with Crippen LogP contribution in [-0.2, 0) is 6.54 Å². The molecular weight excluding hydrogens is 300 g/mol. The molecule has 2 aromatic heterocycles. The summed E-state index contributed by atoms with van der Waals surface area (Å²) in [4.78, 5) is 12.8. The fourth-order valence-electron chi connectivity index (χ4n) is 2.44. The molecule has 0 bridgehead atoms. The molecule has 0 radical (unpaired) electrons. The van der Waals surface area contributed by atoms with Gasteiger partial charge in [0.1, 0.15) is 12.1 Å². The van der Waals surface area contributed by atoms with Gasteiger partial charge < -0.3 is 11.1 Å². The Balaban J connectivity index is 1.79. The average molecular weight is 328 g/mol. The number of hydrogen-bond acceptors (Lipinski definition) is 3. The Morgan fingerprint density at radius 3 is 2.75 bits per heavy atom. The number of imidazole rings is 1. The van der Waals surface area contributed by atoms with Crippen LogP contribution in [-0.4, -0.2) is 26.5 Å². The lowest BCUT2D eigenvalue weighted by Crippen LogP contribution is -2.38. The third kappa shape index (κ3) is 6.02. The largest absolute Gasteiger partial charge is 0.370 e. The van der Waals surface area contributed by atoms with E-state index in [1.54, 1.807) is 12.5 Å². The molecule has 0 amide bonds. The van der Waals surface area contributed by atoms with Crippen LogP contribution in [0.5, 0.6) is 0 Å². The summed E-state index contributed by atoms with van der Waals surface area (Å²) in [7, 11) is 0. The van der Waals surface area contributed by atoms with E-state index >= 15 is 0 Å². The van der Waals surface area contributed by atoms with E-state index in [2.05, 4.69) is 41.0 Å². The molecule has 0 aromatic carbocycles. The minimum Gasteiger partial charge on any atom is -0.370 e. The second-order valence-corrected chi connectivity index (χ2v) is 6.57. The van der Waals surface area contributed by atoms with Crippen molar-refractivity contribution in [1.82, 2.24) is 19.9 Å². The minimum absolute atomic E-state index is 0.342. The maximum atomic E-state index is 5.97. The zero-order chi connectivity index (χ0) is 17.4. The van der Waals surface area contributed by atoms with Crippen LogP contribution < -0.4 is 11.1 Å². The fourth-order valence-corrected chi connectivity index (χ4v) is 2.44. The molecule has 2 heterocycles. The normalized spacial score (nSPS) is 13.2. The Kier molecular flexibility index (Phi) is 6.78. The van der Waals surface area contributed by atoms with Crippen LogP contribution in [0.15, 0.2) is 42.0 Å². The summed E-state index contributed by atoms with van der Waals surface area (Å²) in [5.74, 6) is 2.08. The average Bonchev–Trinajstić information content (AvgIpc) is 3.07. The highest BCUT2D eigenvalue weighted by Gasteiger charge is 2.04. The number of aliphatic imine (C=N–C) groups is 1. The van der Waals surface area contributed by atoms with Crippen molar-refractivity contribution in [2.24, 2.45) is 16.6 Å². The van der Waals surface area contributed by atoms with Crippen molar-refractivity contribution in [2.75, 3.05) is 0 Å². The van der Waals surface area contributed by atoms with Crippen molar-refractivity contribution in [2.45, 2.75) is 52.6 Å². The Morgan fingerprint density at radius 2 is 2.12 bits per heavy atom. The number of nitrogens with zero attached hydrogens (tertiary/aromatic N) is 4. The van der Waals surface area contributed by atoms with Gasteiger partial charge in [0.25, 0.3) is 0 Å². The molecule has 0 spiro atoms. The van der Waals surface area contributed by atoms with Crippen LogP contribution >= 0.6 is 0 Å². The van der Waals surface area contributed by atoms with Crippen molar-refractivity contribution in [1.29, 1.82) is 0 Å². The summed E-state index contributed by atoms with van der Waals surface area (Å²) in [6.45, 7) is 7.17. The third-order valence-corrected chi connectivity index (χ3v) is 3.82. The number of hydrogen-bond donors (Lipinski definition) is 2. The first-order chi connectivity index (χ1) is 11.5. The van der Waals surface area contributed by atoms with Gasteiger partial charge in [-0.05, 0) is 30.9 Å². The molecule has 0 saturated carbocycles. The Morgan fingerprint density at radius 1 is 1.29 bits per heavy atom. The lowest BCUT2D eigenvalue weighted by atomic mass is 10.0. The number of nitrogens with two attached hydrogens (primary N) is 1. The zero-order valence-corrected chi connectivity index (χ0v) is 14.8. The first-order valence-corrected chi connectivity index (χ1v) is 8.54. The van der Waals surface area contributed by atoms with E-state index in [0.717, 1.165) is 23.7 Å². The molecule has 6 heteroatoms. The van der Waals surface area contributed by atoms with Gasteiger partial charge in [0.2, 0.25) is 0 Å². The van der Waals surface area contributed by atoms with E-state index in [9.17, 15) is 0 Å². The molecule has 2 rings (SSSR count). The summed E-state index contributed by atoms with van der Waals surface area (Å²) in [6, 6.07) is 4.30. The van der Waals surface area contributed by atoms with Crippen LogP contribution in [0.2, 0.25) is 0 Å². The Bertz CT molecular complexity index is 615. The summed E-state index contributed by atoms with van der Waals surface area (Å²) in [5.41, 5.74) is 6.99. The molecule has 0 aliphatic rings. The van der Waals surface area contributed by atoms with Gasteiger partial charge >= 0.3 is 0 Å². The number of pyridine rings is 1. The Hall–Kier alpha value is -2.37. The fraction of sp³-hybridized carbons (Fsp3) is 0.500. The summed E-state index contributed by atoms with van der Waals surface area (Å²) in [6.07, 6.45) is 10.7. The molecular formula is C18H28N6. The lowest BCUT2D eigenvalue weighted by molar-refractivity contribution is 0.493. The number of rotatable bonds is 8. The van der Waals surface area contributed by atoms with E-state index in [1.165, 1.54) is 12.8 Å². The maximum absolute atomic E-state index is 5.97. The quantitative estimate of drug-likeness (QED) is 0.577. The second kappa shape index (κ2) is 9.05. The predicted molar refractivity (Wildman–Crippen MR) is 98.0 cm³/mol. The summed E-state index contributed by atoms with van der Waals surface area (Å²) in [5, 5.41) is 3.25. The van der Waals surface area contributed by atoms with Crippen LogP contribution in [0.25, 0.3) is 5.82 Å². The topological polar surface area (TPSA) is 81.1 Å². The van der Waals surface area contributed by atoms with E-state index in [-0.39, 0.29) is 0 Å². The molecule has 130 valence electrons. The zero-order valence-electron chi connectivity index (χ0n) is 14.8. The standard InChI is InChI=1S/C18H28N6/c1-14(2)5-4-6-15(3)23-18(19)22-12-16-7-8-17(21-11-16)24-10-9-20-13-24/h7-11,13-15H,4-6,12H2,1-3H3,(H3,19,22,23). The summed E-state index contributed by atoms with van der Waals surface area (Å²) >= 11 is 0. The van der Waals surface area contributed by atoms with Crippen LogP contribution in [0, 0.1) is 5.92 Å². The molecule has 0 fully saturated rings. The minimum atomic E-state index is 0.342. The van der Waals surface area contributed by atoms with Crippen LogP contribution in [0.4, 0.5) is 0 Å². The monoisotopic (exact) mass is 328 g/mol. The molecule has 1 atom stereocenters. The highest BCUT2D eigenvalue weighted by Crippen LogP contribution is 2.08. The van der Waals surface area contributed by atoms with Gasteiger partial charge in [-0.3, -0.25) is 4.57 Å². The molecule has 2 aromatic rings. The van der Waals surface area contributed by atoms with Crippen molar-refractivity contribution in [3.05, 3.63) is 42.6 Å². The SMILES string of the molecule is CC(C)CCCC(C)NC(N)=NCc1ccc(-n2ccnc2)nc1. The third-order valence-electron chi connectivity index (χ3n) is 3.82. The molecule has 0 aliphatic heterocycles. The highest BCUT2D eigenvalue weighted by atomic mass is 15.1.